The van der Waals surface area contributed by atoms with E-state index in [1.54, 1.807) is 0 Å². The molecule has 1 heterocycles. The van der Waals surface area contributed by atoms with E-state index in [2.05, 4.69) is 12.2 Å². The van der Waals surface area contributed by atoms with Crippen molar-refractivity contribution in [1.82, 2.24) is 5.32 Å². The molecule has 0 saturated carbocycles. The van der Waals surface area contributed by atoms with Crippen LogP contribution in [0.1, 0.15) is 39.0 Å². The standard InChI is InChI=1S/C10H22N2/c1-2-4-10(11)7-9-5-3-6-12-8-9/h9-10,12H,2-8,11H2,1H3. The first-order valence-electron chi connectivity index (χ1n) is 5.29. The van der Waals surface area contributed by atoms with Gasteiger partial charge in [0.1, 0.15) is 0 Å². The fraction of sp³-hybridized carbons (Fsp3) is 1.00. The second-order valence-corrected chi connectivity index (χ2v) is 4.00. The van der Waals surface area contributed by atoms with Crippen molar-refractivity contribution >= 4 is 0 Å². The Kier molecular flexibility index (Phi) is 4.62. The highest BCUT2D eigenvalue weighted by molar-refractivity contribution is 4.73. The van der Waals surface area contributed by atoms with E-state index in [9.17, 15) is 0 Å². The summed E-state index contributed by atoms with van der Waals surface area (Å²) >= 11 is 0. The molecule has 0 amide bonds. The Labute approximate surface area is 75.9 Å². The van der Waals surface area contributed by atoms with Gasteiger partial charge in [0.2, 0.25) is 0 Å². The smallest absolute Gasteiger partial charge is 0.00418 e. The fourth-order valence-electron chi connectivity index (χ4n) is 2.04. The first kappa shape index (κ1) is 10.0. The van der Waals surface area contributed by atoms with Crippen LogP contribution in [-0.4, -0.2) is 19.1 Å². The Morgan fingerprint density at radius 2 is 2.42 bits per heavy atom. The summed E-state index contributed by atoms with van der Waals surface area (Å²) in [5.74, 6) is 0.847. The highest BCUT2D eigenvalue weighted by atomic mass is 14.9. The maximum atomic E-state index is 5.99. The maximum Gasteiger partial charge on any atom is 0.00418 e. The Bertz CT molecular complexity index is 108. The molecular formula is C10H22N2. The first-order chi connectivity index (χ1) is 5.83. The van der Waals surface area contributed by atoms with Crippen molar-refractivity contribution in [3.8, 4) is 0 Å². The highest BCUT2D eigenvalue weighted by Gasteiger charge is 2.15. The van der Waals surface area contributed by atoms with Crippen molar-refractivity contribution < 1.29 is 0 Å². The molecule has 0 aromatic carbocycles. The minimum Gasteiger partial charge on any atom is -0.328 e. The van der Waals surface area contributed by atoms with Gasteiger partial charge in [-0.15, -0.1) is 0 Å². The van der Waals surface area contributed by atoms with Gasteiger partial charge in [-0.2, -0.15) is 0 Å². The number of hydrogen-bond acceptors (Lipinski definition) is 2. The molecule has 1 saturated heterocycles. The van der Waals surface area contributed by atoms with Crippen LogP contribution in [0.3, 0.4) is 0 Å². The van der Waals surface area contributed by atoms with Crippen LogP contribution in [0.25, 0.3) is 0 Å². The van der Waals surface area contributed by atoms with Crippen molar-refractivity contribution in [2.24, 2.45) is 11.7 Å². The van der Waals surface area contributed by atoms with E-state index in [0.29, 0.717) is 6.04 Å². The number of nitrogens with two attached hydrogens (primary N) is 1. The normalized spacial score (nSPS) is 27.0. The van der Waals surface area contributed by atoms with Gasteiger partial charge >= 0.3 is 0 Å². The molecule has 2 nitrogen and oxygen atoms in total. The lowest BCUT2D eigenvalue weighted by atomic mass is 9.91. The average Bonchev–Trinajstić information content (AvgIpc) is 2.06. The molecule has 2 unspecified atom stereocenters. The van der Waals surface area contributed by atoms with Gasteiger partial charge in [0.15, 0.2) is 0 Å². The summed E-state index contributed by atoms with van der Waals surface area (Å²) < 4.78 is 0. The molecule has 0 bridgehead atoms. The molecule has 0 spiro atoms. The van der Waals surface area contributed by atoms with E-state index in [1.165, 1.54) is 45.2 Å². The van der Waals surface area contributed by atoms with Crippen LogP contribution in [0.4, 0.5) is 0 Å². The van der Waals surface area contributed by atoms with Gasteiger partial charge < -0.3 is 11.1 Å². The molecule has 1 aliphatic rings. The lowest BCUT2D eigenvalue weighted by molar-refractivity contribution is 0.328. The minimum atomic E-state index is 0.444. The van der Waals surface area contributed by atoms with Gasteiger partial charge in [-0.25, -0.2) is 0 Å². The molecular weight excluding hydrogens is 148 g/mol. The Hall–Kier alpha value is -0.0800. The lowest BCUT2D eigenvalue weighted by Crippen LogP contribution is -2.34. The van der Waals surface area contributed by atoms with E-state index < -0.39 is 0 Å². The molecule has 1 rings (SSSR count). The Morgan fingerprint density at radius 1 is 1.58 bits per heavy atom. The molecule has 1 fully saturated rings. The highest BCUT2D eigenvalue weighted by Crippen LogP contribution is 2.16. The van der Waals surface area contributed by atoms with Gasteiger partial charge in [0.25, 0.3) is 0 Å². The largest absolute Gasteiger partial charge is 0.328 e. The SMILES string of the molecule is CCCC(N)CC1CCCNC1. The van der Waals surface area contributed by atoms with Crippen LogP contribution in [-0.2, 0) is 0 Å². The van der Waals surface area contributed by atoms with Gasteiger partial charge in [-0.3, -0.25) is 0 Å². The third-order valence-corrected chi connectivity index (χ3v) is 2.69. The summed E-state index contributed by atoms with van der Waals surface area (Å²) in [5, 5.41) is 3.43. The zero-order valence-corrected chi connectivity index (χ0v) is 8.18. The maximum absolute atomic E-state index is 5.99. The number of piperidine rings is 1. The first-order valence-corrected chi connectivity index (χ1v) is 5.29. The van der Waals surface area contributed by atoms with Crippen molar-refractivity contribution in [3.05, 3.63) is 0 Å². The minimum absolute atomic E-state index is 0.444. The number of hydrogen-bond donors (Lipinski definition) is 2. The summed E-state index contributed by atoms with van der Waals surface area (Å²) in [6.07, 6.45) is 6.35. The number of nitrogens with one attached hydrogen (secondary N) is 1. The summed E-state index contributed by atoms with van der Waals surface area (Å²) in [4.78, 5) is 0. The van der Waals surface area contributed by atoms with E-state index in [0.717, 1.165) is 5.92 Å². The molecule has 0 aromatic heterocycles. The van der Waals surface area contributed by atoms with Crippen molar-refractivity contribution in [1.29, 1.82) is 0 Å². The van der Waals surface area contributed by atoms with Crippen LogP contribution in [0.15, 0.2) is 0 Å². The number of rotatable bonds is 4. The third kappa shape index (κ3) is 3.55. The van der Waals surface area contributed by atoms with E-state index in [1.807, 2.05) is 0 Å². The molecule has 0 aromatic rings. The Morgan fingerprint density at radius 3 is 3.00 bits per heavy atom. The monoisotopic (exact) mass is 170 g/mol. The zero-order chi connectivity index (χ0) is 8.81. The lowest BCUT2D eigenvalue weighted by Gasteiger charge is -2.25. The molecule has 0 aliphatic carbocycles. The summed E-state index contributed by atoms with van der Waals surface area (Å²) in [6, 6.07) is 0.444. The summed E-state index contributed by atoms with van der Waals surface area (Å²) in [6.45, 7) is 4.61. The Balaban J connectivity index is 2.11. The van der Waals surface area contributed by atoms with Gasteiger partial charge in [0, 0.05) is 6.04 Å². The molecule has 0 radical (unpaired) electrons. The van der Waals surface area contributed by atoms with E-state index in [-0.39, 0.29) is 0 Å². The predicted molar refractivity (Wildman–Crippen MR) is 53.1 cm³/mol. The molecule has 2 atom stereocenters. The molecule has 12 heavy (non-hydrogen) atoms. The zero-order valence-electron chi connectivity index (χ0n) is 8.18. The second-order valence-electron chi connectivity index (χ2n) is 4.00. The van der Waals surface area contributed by atoms with E-state index in [4.69, 9.17) is 5.73 Å². The van der Waals surface area contributed by atoms with Gasteiger partial charge in [0.05, 0.1) is 0 Å². The van der Waals surface area contributed by atoms with Crippen molar-refractivity contribution in [3.63, 3.8) is 0 Å². The molecule has 2 heteroatoms. The van der Waals surface area contributed by atoms with Crippen LogP contribution in [0.5, 0.6) is 0 Å². The van der Waals surface area contributed by atoms with Gasteiger partial charge in [-0.1, -0.05) is 13.3 Å². The summed E-state index contributed by atoms with van der Waals surface area (Å²) in [5.41, 5.74) is 5.99. The topological polar surface area (TPSA) is 38.0 Å². The van der Waals surface area contributed by atoms with Crippen LogP contribution >= 0.6 is 0 Å². The van der Waals surface area contributed by atoms with Crippen LogP contribution < -0.4 is 11.1 Å². The summed E-state index contributed by atoms with van der Waals surface area (Å²) in [7, 11) is 0. The quantitative estimate of drug-likeness (QED) is 0.671. The van der Waals surface area contributed by atoms with E-state index >= 15 is 0 Å². The second kappa shape index (κ2) is 5.55. The fourth-order valence-corrected chi connectivity index (χ4v) is 2.04. The average molecular weight is 170 g/mol. The molecule has 1 aliphatic heterocycles. The molecule has 72 valence electrons. The molecule has 3 N–H and O–H groups in total. The predicted octanol–water partition coefficient (Wildman–Crippen LogP) is 1.50. The third-order valence-electron chi connectivity index (χ3n) is 2.69. The van der Waals surface area contributed by atoms with Crippen molar-refractivity contribution in [2.75, 3.05) is 13.1 Å². The van der Waals surface area contributed by atoms with Crippen LogP contribution in [0, 0.1) is 5.92 Å². The van der Waals surface area contributed by atoms with Crippen molar-refractivity contribution in [2.45, 2.75) is 45.1 Å². The van der Waals surface area contributed by atoms with Crippen LogP contribution in [0.2, 0.25) is 0 Å². The van der Waals surface area contributed by atoms with Gasteiger partial charge in [-0.05, 0) is 44.7 Å².